The smallest absolute Gasteiger partial charge is 0.453 e. The number of hydrogen-bond donors (Lipinski definition) is 3. The fraction of sp³-hybridized carbons (Fsp3) is 0.500. The van der Waals surface area contributed by atoms with Crippen LogP contribution < -0.4 is 0 Å². The monoisotopic (exact) mass is 938 g/mol. The van der Waals surface area contributed by atoms with Gasteiger partial charge >= 0.3 is 18.1 Å². The van der Waals surface area contributed by atoms with Gasteiger partial charge in [-0.05, 0) is 110 Å². The summed E-state index contributed by atoms with van der Waals surface area (Å²) in [7, 11) is 0. The Morgan fingerprint density at radius 3 is 1.74 bits per heavy atom. The summed E-state index contributed by atoms with van der Waals surface area (Å²) < 4.78 is 62.9. The number of carbonyl (C=O) groups is 1. The van der Waals surface area contributed by atoms with Gasteiger partial charge in [0.15, 0.2) is 0 Å². The molecule has 0 bridgehead atoms. The lowest BCUT2D eigenvalue weighted by atomic mass is 9.68. The van der Waals surface area contributed by atoms with E-state index in [4.69, 9.17) is 0 Å². The van der Waals surface area contributed by atoms with Gasteiger partial charge in [-0.1, -0.05) is 137 Å². The van der Waals surface area contributed by atoms with Crippen molar-refractivity contribution in [3.8, 4) is 11.5 Å². The Kier molecular flexibility index (Phi) is 18.5. The van der Waals surface area contributed by atoms with Gasteiger partial charge in [0, 0.05) is 38.5 Å². The van der Waals surface area contributed by atoms with Gasteiger partial charge in [-0.3, -0.25) is 4.79 Å². The summed E-state index contributed by atoms with van der Waals surface area (Å²) in [5.41, 5.74) is 8.08. The van der Waals surface area contributed by atoms with Crippen molar-refractivity contribution < 1.29 is 42.1 Å². The van der Waals surface area contributed by atoms with Gasteiger partial charge in [-0.2, -0.15) is 22.0 Å². The summed E-state index contributed by atoms with van der Waals surface area (Å²) in [6.07, 6.45) is 4.05. The van der Waals surface area contributed by atoms with Crippen LogP contribution in [0.3, 0.4) is 0 Å². The van der Waals surface area contributed by atoms with Crippen molar-refractivity contribution in [1.82, 2.24) is 0 Å². The van der Waals surface area contributed by atoms with Crippen molar-refractivity contribution in [2.45, 2.75) is 162 Å². The molecule has 2 aliphatic heterocycles. The Hall–Kier alpha value is -3.96. The van der Waals surface area contributed by atoms with Crippen LogP contribution in [0.25, 0.3) is 0 Å². The maximum absolute atomic E-state index is 13.0. The van der Waals surface area contributed by atoms with Crippen LogP contribution in [0.15, 0.2) is 107 Å². The number of aryl methyl sites for hydroxylation is 2. The maximum atomic E-state index is 13.0. The van der Waals surface area contributed by atoms with E-state index in [1.165, 1.54) is 38.3 Å². The highest BCUT2D eigenvalue weighted by atomic mass is 32.2. The average Bonchev–Trinajstić information content (AvgIpc) is 3.25. The number of aliphatic carboxylic acids is 1. The second-order valence-corrected chi connectivity index (χ2v) is 20.8. The minimum absolute atomic E-state index is 0.0275. The molecule has 4 aromatic carbocycles. The SMILES string of the molecule is C=CC[C@@H]1c2ccc(C)cc2SC[C@]1(C)c1ccc(C)cc1.C[C@]1(c2ccc(O)cc2)CSc2cc(O)ccc2[C@H]1CCCCCCCCCC(CCCCC(F)(F)C(F)(F)F)C(=O)O. The number of aromatic hydroxyl groups is 2. The number of phenols is 2. The molecule has 5 atom stereocenters. The molecular weight excluding hydrogens is 872 g/mol. The molecule has 0 fully saturated rings. The first kappa shape index (κ1) is 52.0. The minimum Gasteiger partial charge on any atom is -0.508 e. The van der Waals surface area contributed by atoms with E-state index < -0.39 is 30.4 Å². The van der Waals surface area contributed by atoms with E-state index in [1.807, 2.05) is 36.0 Å². The number of rotatable bonds is 20. The van der Waals surface area contributed by atoms with Gasteiger partial charge in [0.05, 0.1) is 5.92 Å². The van der Waals surface area contributed by atoms with Crippen LogP contribution in [0.2, 0.25) is 0 Å². The molecule has 2 aliphatic rings. The predicted octanol–water partition coefficient (Wildman–Crippen LogP) is 16.2. The van der Waals surface area contributed by atoms with E-state index in [0.717, 1.165) is 67.8 Å². The van der Waals surface area contributed by atoms with Gasteiger partial charge in [0.2, 0.25) is 0 Å². The molecule has 1 unspecified atom stereocenters. The van der Waals surface area contributed by atoms with E-state index in [-0.39, 0.29) is 47.5 Å². The van der Waals surface area contributed by atoms with Crippen LogP contribution in [-0.2, 0) is 15.6 Å². The van der Waals surface area contributed by atoms with Crippen LogP contribution in [0.4, 0.5) is 22.0 Å². The number of hydrogen-bond acceptors (Lipinski definition) is 5. The van der Waals surface area contributed by atoms with E-state index in [9.17, 15) is 42.1 Å². The topological polar surface area (TPSA) is 77.8 Å². The lowest BCUT2D eigenvalue weighted by molar-refractivity contribution is -0.284. The molecule has 0 aromatic heterocycles. The fourth-order valence-corrected chi connectivity index (χ4v) is 12.5. The number of allylic oxidation sites excluding steroid dienone is 1. The number of carboxylic acid groups (broad SMARTS) is 1. The molecule has 0 aliphatic carbocycles. The number of thioether (sulfide) groups is 2. The number of phenolic OH excluding ortho intramolecular Hbond substituents is 2. The van der Waals surface area contributed by atoms with Gasteiger partial charge in [-0.25, -0.2) is 0 Å². The molecule has 11 heteroatoms. The predicted molar refractivity (Wildman–Crippen MR) is 257 cm³/mol. The van der Waals surface area contributed by atoms with E-state index in [0.29, 0.717) is 18.8 Å². The molecule has 0 spiro atoms. The second-order valence-electron chi connectivity index (χ2n) is 18.8. The first-order valence-corrected chi connectivity index (χ1v) is 25.1. The third kappa shape index (κ3) is 13.6. The third-order valence-electron chi connectivity index (χ3n) is 13.8. The molecule has 2 heterocycles. The van der Waals surface area contributed by atoms with Gasteiger partial charge in [0.25, 0.3) is 0 Å². The van der Waals surface area contributed by atoms with Crippen molar-refractivity contribution in [2.24, 2.45) is 5.92 Å². The summed E-state index contributed by atoms with van der Waals surface area (Å²) in [6.45, 7) is 13.0. The van der Waals surface area contributed by atoms with Crippen molar-refractivity contribution in [3.63, 3.8) is 0 Å². The molecule has 0 saturated heterocycles. The molecule has 65 heavy (non-hydrogen) atoms. The molecule has 354 valence electrons. The largest absolute Gasteiger partial charge is 0.508 e. The standard InChI is InChI=1S/C33H43F5O4S.C21H24S/c1-31(24-14-16-25(39)17-15-24)22-43-29-21-26(40)18-19-27(29)28(31)13-8-6-4-2-3-5-7-11-23(30(41)42)12-9-10-20-32(34,35)33(36,37)38;1-5-6-19-18-12-9-16(3)13-20(18)22-14-21(19,4)17-10-7-15(2)8-11-17/h14-19,21,23,28,39-40H,2-13,20,22H2,1H3,(H,41,42);5,7-13,19H,1,6,14H2,2-4H3/t23?,28-,31-;19-,21-/m11/s1. The molecular formula is C54H67F5O4S2. The normalized spacial score (nSPS) is 21.1. The first-order valence-electron chi connectivity index (χ1n) is 23.1. The summed E-state index contributed by atoms with van der Waals surface area (Å²) in [5.74, 6) is -3.21. The number of benzene rings is 4. The van der Waals surface area contributed by atoms with Gasteiger partial charge in [0.1, 0.15) is 11.5 Å². The second kappa shape index (κ2) is 23.2. The molecule has 6 rings (SSSR count). The highest BCUT2D eigenvalue weighted by Gasteiger charge is 2.56. The zero-order chi connectivity index (χ0) is 47.4. The van der Waals surface area contributed by atoms with Gasteiger partial charge < -0.3 is 15.3 Å². The minimum atomic E-state index is -5.57. The number of alkyl halides is 5. The molecule has 3 N–H and O–H groups in total. The first-order chi connectivity index (χ1) is 30.8. The highest BCUT2D eigenvalue weighted by molar-refractivity contribution is 7.99. The zero-order valence-electron chi connectivity index (χ0n) is 38.4. The lowest BCUT2D eigenvalue weighted by Crippen LogP contribution is -2.36. The zero-order valence-corrected chi connectivity index (χ0v) is 40.0. The van der Waals surface area contributed by atoms with Crippen LogP contribution >= 0.6 is 23.5 Å². The van der Waals surface area contributed by atoms with Crippen LogP contribution in [-0.4, -0.2) is 44.9 Å². The number of fused-ring (bicyclic) bond motifs is 2. The third-order valence-corrected chi connectivity index (χ3v) is 16.6. The molecule has 4 aromatic rings. The van der Waals surface area contributed by atoms with E-state index in [2.05, 4.69) is 82.8 Å². The average molecular weight is 939 g/mol. The summed E-state index contributed by atoms with van der Waals surface area (Å²) in [4.78, 5) is 14.1. The lowest BCUT2D eigenvalue weighted by Gasteiger charge is -2.43. The van der Waals surface area contributed by atoms with Crippen LogP contribution in [0.5, 0.6) is 11.5 Å². The Bertz CT molecular complexity index is 2160. The van der Waals surface area contributed by atoms with Crippen LogP contribution in [0.1, 0.15) is 149 Å². The Morgan fingerprint density at radius 1 is 0.677 bits per heavy atom. The quantitative estimate of drug-likeness (QED) is 0.0466. The summed E-state index contributed by atoms with van der Waals surface area (Å²) >= 11 is 3.75. The Morgan fingerprint density at radius 2 is 1.15 bits per heavy atom. The summed E-state index contributed by atoms with van der Waals surface area (Å²) in [5, 5.41) is 29.2. The van der Waals surface area contributed by atoms with E-state index in [1.54, 1.807) is 30.0 Å². The summed E-state index contributed by atoms with van der Waals surface area (Å²) in [6, 6.07) is 29.1. The Labute approximate surface area is 391 Å². The van der Waals surface area contributed by atoms with E-state index >= 15 is 0 Å². The van der Waals surface area contributed by atoms with Crippen molar-refractivity contribution in [3.05, 3.63) is 131 Å². The number of unbranched alkanes of at least 4 members (excludes halogenated alkanes) is 7. The molecule has 0 saturated carbocycles. The van der Waals surface area contributed by atoms with Crippen molar-refractivity contribution in [2.75, 3.05) is 11.5 Å². The highest BCUT2D eigenvalue weighted by Crippen LogP contribution is 2.54. The molecule has 0 radical (unpaired) electrons. The molecule has 0 amide bonds. The molecule has 4 nitrogen and oxygen atoms in total. The van der Waals surface area contributed by atoms with Crippen molar-refractivity contribution in [1.29, 1.82) is 0 Å². The van der Waals surface area contributed by atoms with Crippen molar-refractivity contribution >= 4 is 29.5 Å². The number of halogens is 5. The number of carboxylic acids is 1. The maximum Gasteiger partial charge on any atom is 0.453 e. The Balaban J connectivity index is 0.000000299. The van der Waals surface area contributed by atoms with Crippen LogP contribution in [0, 0.1) is 19.8 Å². The van der Waals surface area contributed by atoms with Gasteiger partial charge in [-0.15, -0.1) is 30.1 Å². The fourth-order valence-electron chi connectivity index (χ4n) is 9.60.